The molecule has 2 aromatic rings. The number of carbonyl (C=O) groups excluding carboxylic acids is 1. The maximum absolute atomic E-state index is 12.0. The van der Waals surface area contributed by atoms with E-state index in [1.54, 1.807) is 13.0 Å². The molecule has 1 heterocycles. The maximum atomic E-state index is 12.0. The molecule has 0 radical (unpaired) electrons. The van der Waals surface area contributed by atoms with Gasteiger partial charge < -0.3 is 4.57 Å². The van der Waals surface area contributed by atoms with Crippen molar-refractivity contribution in [1.82, 2.24) is 4.57 Å². The van der Waals surface area contributed by atoms with Crippen LogP contribution in [0.4, 0.5) is 5.69 Å². The highest BCUT2D eigenvalue weighted by atomic mass is 16.6. The lowest BCUT2D eigenvalue weighted by Crippen LogP contribution is -2.23. The Bertz CT molecular complexity index is 734. The lowest BCUT2D eigenvalue weighted by atomic mass is 10.1. The first-order valence-electron chi connectivity index (χ1n) is 5.92. The molecule has 0 N–H and O–H groups in total. The van der Waals surface area contributed by atoms with Gasteiger partial charge in [-0.15, -0.1) is 0 Å². The Labute approximate surface area is 114 Å². The highest BCUT2D eigenvalue weighted by Crippen LogP contribution is 2.13. The third kappa shape index (κ3) is 2.97. The summed E-state index contributed by atoms with van der Waals surface area (Å²) < 4.78 is 1.27. The summed E-state index contributed by atoms with van der Waals surface area (Å²) in [5.74, 6) is -0.348. The molecule has 0 aliphatic carbocycles. The van der Waals surface area contributed by atoms with Crippen LogP contribution in [0.2, 0.25) is 0 Å². The monoisotopic (exact) mass is 272 g/mol. The first kappa shape index (κ1) is 13.7. The van der Waals surface area contributed by atoms with E-state index in [2.05, 4.69) is 0 Å². The molecule has 0 bridgehead atoms. The molecule has 2 rings (SSSR count). The number of aromatic nitrogens is 1. The van der Waals surface area contributed by atoms with Crippen LogP contribution >= 0.6 is 0 Å². The number of hydrogen-bond acceptors (Lipinski definition) is 4. The molecule has 0 spiro atoms. The summed E-state index contributed by atoms with van der Waals surface area (Å²) in [5, 5.41) is 10.7. The number of ketones is 1. The van der Waals surface area contributed by atoms with E-state index in [4.69, 9.17) is 0 Å². The zero-order valence-electron chi connectivity index (χ0n) is 10.8. The van der Waals surface area contributed by atoms with Crippen molar-refractivity contribution >= 4 is 11.5 Å². The lowest BCUT2D eigenvalue weighted by molar-refractivity contribution is -0.384. The second-order valence-electron chi connectivity index (χ2n) is 4.40. The van der Waals surface area contributed by atoms with Crippen molar-refractivity contribution in [2.45, 2.75) is 13.5 Å². The zero-order valence-corrected chi connectivity index (χ0v) is 10.8. The molecule has 1 aromatic heterocycles. The van der Waals surface area contributed by atoms with Crippen molar-refractivity contribution in [3.05, 3.63) is 74.2 Å². The first-order chi connectivity index (χ1) is 9.47. The number of rotatable bonds is 4. The number of benzene rings is 1. The summed E-state index contributed by atoms with van der Waals surface area (Å²) in [4.78, 5) is 33.8. The molecule has 0 saturated heterocycles. The van der Waals surface area contributed by atoms with Gasteiger partial charge in [0.05, 0.1) is 11.5 Å². The van der Waals surface area contributed by atoms with Crippen LogP contribution in [0, 0.1) is 17.0 Å². The summed E-state index contributed by atoms with van der Waals surface area (Å²) in [6, 6.07) is 8.62. The van der Waals surface area contributed by atoms with Crippen LogP contribution in [0.3, 0.4) is 0 Å². The van der Waals surface area contributed by atoms with Gasteiger partial charge in [-0.2, -0.15) is 0 Å². The highest BCUT2D eigenvalue weighted by molar-refractivity contribution is 5.96. The van der Waals surface area contributed by atoms with Gasteiger partial charge in [-0.3, -0.25) is 19.7 Å². The predicted octanol–water partition coefficient (Wildman–Crippen LogP) is 1.95. The molecule has 0 saturated carbocycles. The average Bonchev–Trinajstić information content (AvgIpc) is 2.42. The minimum atomic E-state index is -0.561. The van der Waals surface area contributed by atoms with E-state index in [0.717, 1.165) is 5.56 Å². The van der Waals surface area contributed by atoms with Crippen LogP contribution in [0.25, 0.3) is 0 Å². The smallest absolute Gasteiger partial charge is 0.270 e. The van der Waals surface area contributed by atoms with Gasteiger partial charge in [-0.05, 0) is 18.6 Å². The number of nitro groups is 1. The Hall–Kier alpha value is -2.76. The van der Waals surface area contributed by atoms with Crippen molar-refractivity contribution in [2.24, 2.45) is 0 Å². The van der Waals surface area contributed by atoms with E-state index in [-0.39, 0.29) is 29.1 Å². The standard InChI is InChI=1S/C14H12N2O4/c1-10-5-6-15(14(18)7-10)9-13(17)11-3-2-4-12(8-11)16(19)20/h2-8H,9H2,1H3. The second kappa shape index (κ2) is 5.48. The van der Waals surface area contributed by atoms with Crippen LogP contribution in [0.1, 0.15) is 15.9 Å². The number of non-ortho nitro benzene ring substituents is 1. The number of carbonyl (C=O) groups is 1. The van der Waals surface area contributed by atoms with E-state index >= 15 is 0 Å². The topological polar surface area (TPSA) is 82.2 Å². The highest BCUT2D eigenvalue weighted by Gasteiger charge is 2.12. The van der Waals surface area contributed by atoms with Crippen LogP contribution in [-0.4, -0.2) is 15.3 Å². The number of pyridine rings is 1. The van der Waals surface area contributed by atoms with Crippen LogP contribution in [0.15, 0.2) is 47.4 Å². The molecule has 102 valence electrons. The van der Waals surface area contributed by atoms with Gasteiger partial charge in [0.2, 0.25) is 0 Å². The molecule has 0 aliphatic heterocycles. The third-order valence-corrected chi connectivity index (χ3v) is 2.84. The molecular formula is C14H12N2O4. The fourth-order valence-corrected chi connectivity index (χ4v) is 1.78. The Morgan fingerprint density at radius 3 is 2.70 bits per heavy atom. The summed E-state index contributed by atoms with van der Waals surface area (Å²) in [7, 11) is 0. The maximum Gasteiger partial charge on any atom is 0.270 e. The Morgan fingerprint density at radius 1 is 1.30 bits per heavy atom. The molecule has 0 unspecified atom stereocenters. The number of nitrogens with zero attached hydrogens (tertiary/aromatic N) is 2. The largest absolute Gasteiger partial charge is 0.308 e. The fourth-order valence-electron chi connectivity index (χ4n) is 1.78. The number of Topliss-reactive ketones (excluding diaryl/α,β-unsaturated/α-hetero) is 1. The van der Waals surface area contributed by atoms with Gasteiger partial charge in [0.15, 0.2) is 5.78 Å². The predicted molar refractivity (Wildman–Crippen MR) is 72.9 cm³/mol. The van der Waals surface area contributed by atoms with Crippen molar-refractivity contribution in [2.75, 3.05) is 0 Å². The van der Waals surface area contributed by atoms with Crippen molar-refractivity contribution in [3.8, 4) is 0 Å². The average molecular weight is 272 g/mol. The van der Waals surface area contributed by atoms with E-state index in [1.807, 2.05) is 0 Å². The Kier molecular flexibility index (Phi) is 3.74. The Balaban J connectivity index is 2.26. The zero-order chi connectivity index (χ0) is 14.7. The molecule has 0 atom stereocenters. The lowest BCUT2D eigenvalue weighted by Gasteiger charge is -2.05. The molecule has 1 aromatic carbocycles. The summed E-state index contributed by atoms with van der Waals surface area (Å²) in [6.45, 7) is 1.65. The number of hydrogen-bond donors (Lipinski definition) is 0. The van der Waals surface area contributed by atoms with Crippen molar-refractivity contribution in [1.29, 1.82) is 0 Å². The van der Waals surface area contributed by atoms with Crippen LogP contribution in [0.5, 0.6) is 0 Å². The molecule has 0 amide bonds. The van der Waals surface area contributed by atoms with Gasteiger partial charge in [0.25, 0.3) is 11.2 Å². The number of aryl methyl sites for hydroxylation is 1. The van der Waals surface area contributed by atoms with Gasteiger partial charge in [0.1, 0.15) is 0 Å². The summed E-state index contributed by atoms with van der Waals surface area (Å²) in [6.07, 6.45) is 1.53. The number of nitro benzene ring substituents is 1. The normalized spacial score (nSPS) is 10.2. The van der Waals surface area contributed by atoms with E-state index in [9.17, 15) is 19.7 Å². The Morgan fingerprint density at radius 2 is 2.05 bits per heavy atom. The SMILES string of the molecule is Cc1ccn(CC(=O)c2cccc([N+](=O)[O-])c2)c(=O)c1. The van der Waals surface area contributed by atoms with Gasteiger partial charge >= 0.3 is 0 Å². The quantitative estimate of drug-likeness (QED) is 0.484. The molecule has 20 heavy (non-hydrogen) atoms. The fraction of sp³-hybridized carbons (Fsp3) is 0.143. The molecule has 0 fully saturated rings. The third-order valence-electron chi connectivity index (χ3n) is 2.84. The van der Waals surface area contributed by atoms with Crippen LogP contribution < -0.4 is 5.56 Å². The van der Waals surface area contributed by atoms with E-state index in [0.29, 0.717) is 0 Å². The first-order valence-corrected chi connectivity index (χ1v) is 5.92. The molecule has 6 nitrogen and oxygen atoms in total. The van der Waals surface area contributed by atoms with E-state index in [1.165, 1.54) is 41.1 Å². The van der Waals surface area contributed by atoms with Gasteiger partial charge in [-0.1, -0.05) is 12.1 Å². The molecule has 6 heteroatoms. The van der Waals surface area contributed by atoms with Crippen molar-refractivity contribution in [3.63, 3.8) is 0 Å². The second-order valence-corrected chi connectivity index (χ2v) is 4.40. The van der Waals surface area contributed by atoms with Crippen molar-refractivity contribution < 1.29 is 9.72 Å². The minimum absolute atomic E-state index is 0.139. The van der Waals surface area contributed by atoms with E-state index < -0.39 is 4.92 Å². The van der Waals surface area contributed by atoms with Gasteiger partial charge in [0, 0.05) is 30.0 Å². The molecular weight excluding hydrogens is 260 g/mol. The van der Waals surface area contributed by atoms with Gasteiger partial charge in [-0.25, -0.2) is 0 Å². The summed E-state index contributed by atoms with van der Waals surface area (Å²) >= 11 is 0. The van der Waals surface area contributed by atoms with Crippen LogP contribution in [-0.2, 0) is 6.54 Å². The minimum Gasteiger partial charge on any atom is -0.308 e. The summed E-state index contributed by atoms with van der Waals surface area (Å²) in [5.41, 5.74) is 0.608. The molecule has 0 aliphatic rings.